The minimum Gasteiger partial charge on any atom is -0.397 e. The van der Waals surface area contributed by atoms with Crippen LogP contribution in [0.1, 0.15) is 19.3 Å². The van der Waals surface area contributed by atoms with Gasteiger partial charge in [0.15, 0.2) is 0 Å². The van der Waals surface area contributed by atoms with Gasteiger partial charge in [-0.2, -0.15) is 0 Å². The van der Waals surface area contributed by atoms with Crippen molar-refractivity contribution in [3.05, 3.63) is 22.7 Å². The largest absolute Gasteiger partial charge is 0.397 e. The van der Waals surface area contributed by atoms with Crippen LogP contribution in [0.3, 0.4) is 0 Å². The molecule has 1 heterocycles. The van der Waals surface area contributed by atoms with Crippen molar-refractivity contribution in [2.24, 2.45) is 0 Å². The van der Waals surface area contributed by atoms with E-state index in [1.165, 1.54) is 24.9 Å². The normalized spacial score (nSPS) is 17.1. The number of piperidine rings is 1. The summed E-state index contributed by atoms with van der Waals surface area (Å²) >= 11 is 3.48. The molecular formula is C11H15BrN2. The SMILES string of the molecule is Nc1ccc(Br)cc1N1CCCCC1. The molecule has 1 saturated heterocycles. The lowest BCUT2D eigenvalue weighted by Gasteiger charge is -2.29. The van der Waals surface area contributed by atoms with E-state index in [4.69, 9.17) is 5.73 Å². The van der Waals surface area contributed by atoms with Crippen molar-refractivity contribution >= 4 is 27.3 Å². The summed E-state index contributed by atoms with van der Waals surface area (Å²) in [5.41, 5.74) is 8.02. The van der Waals surface area contributed by atoms with Crippen molar-refractivity contribution in [2.75, 3.05) is 23.7 Å². The average Bonchev–Trinajstić information content (AvgIpc) is 2.23. The molecule has 1 aliphatic heterocycles. The van der Waals surface area contributed by atoms with Crippen LogP contribution in [-0.4, -0.2) is 13.1 Å². The van der Waals surface area contributed by atoms with Gasteiger partial charge in [-0.25, -0.2) is 0 Å². The quantitative estimate of drug-likeness (QED) is 0.781. The monoisotopic (exact) mass is 254 g/mol. The molecule has 76 valence electrons. The lowest BCUT2D eigenvalue weighted by atomic mass is 10.1. The number of rotatable bonds is 1. The molecule has 0 aliphatic carbocycles. The number of nitrogens with two attached hydrogens (primary N) is 1. The summed E-state index contributed by atoms with van der Waals surface area (Å²) < 4.78 is 1.10. The first kappa shape index (κ1) is 9.84. The van der Waals surface area contributed by atoms with Gasteiger partial charge in [0.2, 0.25) is 0 Å². The Bertz CT molecular complexity index is 319. The highest BCUT2D eigenvalue weighted by atomic mass is 79.9. The second-order valence-electron chi connectivity index (χ2n) is 3.75. The van der Waals surface area contributed by atoms with E-state index in [0.717, 1.165) is 23.2 Å². The molecule has 0 amide bonds. The van der Waals surface area contributed by atoms with Crippen LogP contribution in [0.5, 0.6) is 0 Å². The van der Waals surface area contributed by atoms with Crippen LogP contribution in [0.4, 0.5) is 11.4 Å². The zero-order valence-electron chi connectivity index (χ0n) is 8.17. The van der Waals surface area contributed by atoms with Gasteiger partial charge in [-0.15, -0.1) is 0 Å². The molecule has 0 saturated carbocycles. The number of nitrogens with zero attached hydrogens (tertiary/aromatic N) is 1. The van der Waals surface area contributed by atoms with Crippen LogP contribution in [0, 0.1) is 0 Å². The minimum absolute atomic E-state index is 0.884. The summed E-state index contributed by atoms with van der Waals surface area (Å²) in [6.45, 7) is 2.28. The van der Waals surface area contributed by atoms with Gasteiger partial charge < -0.3 is 10.6 Å². The summed E-state index contributed by atoms with van der Waals surface area (Å²) in [4.78, 5) is 2.38. The Morgan fingerprint density at radius 1 is 1.14 bits per heavy atom. The third-order valence-electron chi connectivity index (χ3n) is 2.69. The first-order valence-corrected chi connectivity index (χ1v) is 5.86. The summed E-state index contributed by atoms with van der Waals surface area (Å²) in [6.07, 6.45) is 3.92. The summed E-state index contributed by atoms with van der Waals surface area (Å²) in [6, 6.07) is 6.07. The van der Waals surface area contributed by atoms with Crippen LogP contribution in [0.15, 0.2) is 22.7 Å². The van der Waals surface area contributed by atoms with Gasteiger partial charge in [-0.05, 0) is 37.5 Å². The molecule has 2 nitrogen and oxygen atoms in total. The fourth-order valence-electron chi connectivity index (χ4n) is 1.93. The molecule has 1 aromatic rings. The van der Waals surface area contributed by atoms with Gasteiger partial charge in [0.1, 0.15) is 0 Å². The number of halogens is 1. The molecule has 2 rings (SSSR count). The second-order valence-corrected chi connectivity index (χ2v) is 4.67. The first-order chi connectivity index (χ1) is 6.77. The topological polar surface area (TPSA) is 29.3 Å². The van der Waals surface area contributed by atoms with E-state index >= 15 is 0 Å². The van der Waals surface area contributed by atoms with E-state index in [-0.39, 0.29) is 0 Å². The van der Waals surface area contributed by atoms with Gasteiger partial charge in [-0.1, -0.05) is 15.9 Å². The highest BCUT2D eigenvalue weighted by Crippen LogP contribution is 2.29. The number of anilines is 2. The van der Waals surface area contributed by atoms with Crippen molar-refractivity contribution in [1.82, 2.24) is 0 Å². The Balaban J connectivity index is 2.24. The third-order valence-corrected chi connectivity index (χ3v) is 3.18. The molecule has 0 unspecified atom stereocenters. The van der Waals surface area contributed by atoms with Gasteiger partial charge in [-0.3, -0.25) is 0 Å². The van der Waals surface area contributed by atoms with Crippen LogP contribution >= 0.6 is 15.9 Å². The van der Waals surface area contributed by atoms with Gasteiger partial charge >= 0.3 is 0 Å². The van der Waals surface area contributed by atoms with Gasteiger partial charge in [0.05, 0.1) is 11.4 Å². The molecule has 0 atom stereocenters. The summed E-state index contributed by atoms with van der Waals surface area (Å²) in [7, 11) is 0. The van der Waals surface area contributed by atoms with E-state index in [2.05, 4.69) is 26.9 Å². The molecule has 14 heavy (non-hydrogen) atoms. The average molecular weight is 255 g/mol. The molecule has 1 aliphatic rings. The summed E-state index contributed by atoms with van der Waals surface area (Å²) in [5.74, 6) is 0. The molecule has 1 aromatic carbocycles. The van der Waals surface area contributed by atoms with Crippen molar-refractivity contribution < 1.29 is 0 Å². The minimum atomic E-state index is 0.884. The highest BCUT2D eigenvalue weighted by molar-refractivity contribution is 9.10. The number of hydrogen-bond donors (Lipinski definition) is 1. The Kier molecular flexibility index (Phi) is 2.96. The third kappa shape index (κ3) is 2.03. The zero-order valence-corrected chi connectivity index (χ0v) is 9.76. The molecule has 3 heteroatoms. The molecule has 0 bridgehead atoms. The lowest BCUT2D eigenvalue weighted by molar-refractivity contribution is 0.578. The predicted octanol–water partition coefficient (Wildman–Crippen LogP) is 3.02. The first-order valence-electron chi connectivity index (χ1n) is 5.07. The second kappa shape index (κ2) is 4.22. The van der Waals surface area contributed by atoms with Gasteiger partial charge in [0, 0.05) is 17.6 Å². The van der Waals surface area contributed by atoms with E-state index < -0.39 is 0 Å². The smallest absolute Gasteiger partial charge is 0.0611 e. The highest BCUT2D eigenvalue weighted by Gasteiger charge is 2.13. The fraction of sp³-hybridized carbons (Fsp3) is 0.455. The predicted molar refractivity (Wildman–Crippen MR) is 64.6 cm³/mol. The number of nitrogen functional groups attached to an aromatic ring is 1. The van der Waals surface area contributed by atoms with Crippen molar-refractivity contribution in [2.45, 2.75) is 19.3 Å². The molecule has 1 fully saturated rings. The van der Waals surface area contributed by atoms with Crippen LogP contribution in [-0.2, 0) is 0 Å². The maximum atomic E-state index is 5.96. The molecular weight excluding hydrogens is 240 g/mol. The Morgan fingerprint density at radius 3 is 2.57 bits per heavy atom. The molecule has 0 radical (unpaired) electrons. The Labute approximate surface area is 93.2 Å². The van der Waals surface area contributed by atoms with Gasteiger partial charge in [0.25, 0.3) is 0 Å². The van der Waals surface area contributed by atoms with E-state index in [1.54, 1.807) is 0 Å². The molecule has 0 aromatic heterocycles. The molecule has 2 N–H and O–H groups in total. The maximum absolute atomic E-state index is 5.96. The van der Waals surface area contributed by atoms with Crippen molar-refractivity contribution in [3.8, 4) is 0 Å². The van der Waals surface area contributed by atoms with E-state index in [1.807, 2.05) is 12.1 Å². The standard InChI is InChI=1S/C11H15BrN2/c12-9-4-5-10(13)11(8-9)14-6-2-1-3-7-14/h4-5,8H,1-3,6-7,13H2. The van der Waals surface area contributed by atoms with Crippen LogP contribution in [0.25, 0.3) is 0 Å². The Hall–Kier alpha value is -0.700. The van der Waals surface area contributed by atoms with Crippen molar-refractivity contribution in [1.29, 1.82) is 0 Å². The fourth-order valence-corrected chi connectivity index (χ4v) is 2.27. The lowest BCUT2D eigenvalue weighted by Crippen LogP contribution is -2.29. The van der Waals surface area contributed by atoms with Crippen molar-refractivity contribution in [3.63, 3.8) is 0 Å². The van der Waals surface area contributed by atoms with E-state index in [0.29, 0.717) is 0 Å². The zero-order chi connectivity index (χ0) is 9.97. The van der Waals surface area contributed by atoms with Crippen LogP contribution < -0.4 is 10.6 Å². The van der Waals surface area contributed by atoms with Crippen LogP contribution in [0.2, 0.25) is 0 Å². The number of hydrogen-bond acceptors (Lipinski definition) is 2. The molecule has 0 spiro atoms. The van der Waals surface area contributed by atoms with E-state index in [9.17, 15) is 0 Å². The number of benzene rings is 1. The summed E-state index contributed by atoms with van der Waals surface area (Å²) in [5, 5.41) is 0. The maximum Gasteiger partial charge on any atom is 0.0611 e. The Morgan fingerprint density at radius 2 is 1.86 bits per heavy atom.